The highest BCUT2D eigenvalue weighted by atomic mass is 32.2. The molecule has 0 N–H and O–H groups in total. The highest BCUT2D eigenvalue weighted by Crippen LogP contribution is 2.27. The number of amides is 1. The van der Waals surface area contributed by atoms with Gasteiger partial charge in [0.1, 0.15) is 0 Å². The zero-order valence-electron chi connectivity index (χ0n) is 21.4. The fourth-order valence-corrected chi connectivity index (χ4v) is 7.15. The van der Waals surface area contributed by atoms with Crippen LogP contribution in [0.3, 0.4) is 0 Å². The smallest absolute Gasteiger partial charge is 0.243 e. The van der Waals surface area contributed by atoms with Crippen LogP contribution in [0.25, 0.3) is 0 Å². The lowest BCUT2D eigenvalue weighted by Gasteiger charge is -2.33. The summed E-state index contributed by atoms with van der Waals surface area (Å²) in [5, 5.41) is 0. The maximum atomic E-state index is 13.6. The van der Waals surface area contributed by atoms with Gasteiger partial charge >= 0.3 is 0 Å². The lowest BCUT2D eigenvalue weighted by Crippen LogP contribution is -2.42. The fraction of sp³-hybridized carbons (Fsp3) is 0.536. The molecule has 1 fully saturated rings. The van der Waals surface area contributed by atoms with Crippen molar-refractivity contribution < 1.29 is 13.2 Å². The van der Waals surface area contributed by atoms with Crippen LogP contribution >= 0.6 is 0 Å². The molecule has 0 aromatic heterocycles. The summed E-state index contributed by atoms with van der Waals surface area (Å²) in [7, 11) is -3.68. The molecule has 0 aliphatic carbocycles. The van der Waals surface area contributed by atoms with Gasteiger partial charge in [0.05, 0.1) is 4.90 Å². The summed E-state index contributed by atoms with van der Waals surface area (Å²) in [5.41, 5.74) is 3.93. The molecule has 2 aromatic carbocycles. The van der Waals surface area contributed by atoms with Crippen molar-refractivity contribution in [3.63, 3.8) is 0 Å². The van der Waals surface area contributed by atoms with E-state index in [0.29, 0.717) is 17.4 Å². The van der Waals surface area contributed by atoms with E-state index in [9.17, 15) is 13.2 Å². The molecule has 5 nitrogen and oxygen atoms in total. The van der Waals surface area contributed by atoms with Crippen molar-refractivity contribution in [3.05, 3.63) is 64.7 Å². The Labute approximate surface area is 206 Å². The molecule has 3 rings (SSSR count). The number of hydrogen-bond donors (Lipinski definition) is 0. The van der Waals surface area contributed by atoms with Crippen LogP contribution in [0.5, 0.6) is 0 Å². The molecule has 1 heterocycles. The Morgan fingerprint density at radius 1 is 1.03 bits per heavy atom. The third-order valence-corrected chi connectivity index (χ3v) is 8.85. The molecule has 1 aliphatic heterocycles. The van der Waals surface area contributed by atoms with Gasteiger partial charge in [0.2, 0.25) is 15.9 Å². The lowest BCUT2D eigenvalue weighted by molar-refractivity contribution is -0.132. The maximum absolute atomic E-state index is 13.6. The number of likely N-dealkylation sites (tertiary alicyclic amines) is 1. The van der Waals surface area contributed by atoms with E-state index in [2.05, 4.69) is 24.3 Å². The molecule has 1 aliphatic rings. The molecule has 186 valence electrons. The van der Waals surface area contributed by atoms with Crippen LogP contribution in [-0.2, 0) is 21.2 Å². The Morgan fingerprint density at radius 3 is 2.18 bits per heavy atom. The van der Waals surface area contributed by atoms with E-state index in [1.54, 1.807) is 0 Å². The van der Waals surface area contributed by atoms with Crippen LogP contribution in [0.4, 0.5) is 0 Å². The summed E-state index contributed by atoms with van der Waals surface area (Å²) < 4.78 is 28.8. The first kappa shape index (κ1) is 26.4. The number of rotatable bonds is 9. The topological polar surface area (TPSA) is 57.7 Å². The van der Waals surface area contributed by atoms with E-state index in [4.69, 9.17) is 0 Å². The molecule has 0 spiro atoms. The van der Waals surface area contributed by atoms with Crippen molar-refractivity contribution in [1.29, 1.82) is 0 Å². The highest BCUT2D eigenvalue weighted by molar-refractivity contribution is 7.89. The minimum atomic E-state index is -3.68. The Morgan fingerprint density at radius 2 is 1.62 bits per heavy atom. The van der Waals surface area contributed by atoms with E-state index in [0.717, 1.165) is 49.0 Å². The summed E-state index contributed by atoms with van der Waals surface area (Å²) in [6.07, 6.45) is 3.27. The number of sulfonamides is 1. The van der Waals surface area contributed by atoms with Crippen LogP contribution in [0.1, 0.15) is 55.4 Å². The summed E-state index contributed by atoms with van der Waals surface area (Å²) in [5.74, 6) is 0.820. The number of aryl methyl sites for hydroxylation is 3. The summed E-state index contributed by atoms with van der Waals surface area (Å²) >= 11 is 0. The molecule has 0 saturated carbocycles. The van der Waals surface area contributed by atoms with Crippen molar-refractivity contribution in [3.8, 4) is 0 Å². The van der Waals surface area contributed by atoms with Crippen molar-refractivity contribution in [2.24, 2.45) is 11.8 Å². The second-order valence-corrected chi connectivity index (χ2v) is 12.1. The largest absolute Gasteiger partial charge is 0.343 e. The standard InChI is InChI=1S/C28H40N2O3S/c1-21(2)20-30(34(32,33)28-23(4)17-22(3)18-24(28)5)16-13-27(31)29-14-11-26(12-15-29)19-25-9-7-6-8-10-25/h6-10,17-18,21,26H,11-16,19-20H2,1-5H3. The van der Waals surface area contributed by atoms with Gasteiger partial charge in [-0.25, -0.2) is 8.42 Å². The van der Waals surface area contributed by atoms with Crippen LogP contribution in [-0.4, -0.2) is 49.7 Å². The molecule has 1 saturated heterocycles. The van der Waals surface area contributed by atoms with Gasteiger partial charge in [0, 0.05) is 32.6 Å². The zero-order valence-corrected chi connectivity index (χ0v) is 22.2. The lowest BCUT2D eigenvalue weighted by atomic mass is 9.90. The minimum Gasteiger partial charge on any atom is -0.343 e. The molecular weight excluding hydrogens is 444 g/mol. The van der Waals surface area contributed by atoms with Crippen molar-refractivity contribution in [2.75, 3.05) is 26.2 Å². The number of benzene rings is 2. The van der Waals surface area contributed by atoms with Gasteiger partial charge in [0.25, 0.3) is 0 Å². The van der Waals surface area contributed by atoms with Crippen LogP contribution in [0, 0.1) is 32.6 Å². The average Bonchev–Trinajstić information content (AvgIpc) is 2.76. The second-order valence-electron chi connectivity index (χ2n) is 10.2. The van der Waals surface area contributed by atoms with Gasteiger partial charge in [0.15, 0.2) is 0 Å². The van der Waals surface area contributed by atoms with Crippen molar-refractivity contribution in [1.82, 2.24) is 9.21 Å². The molecule has 0 radical (unpaired) electrons. The van der Waals surface area contributed by atoms with Crippen molar-refractivity contribution >= 4 is 15.9 Å². The number of carbonyl (C=O) groups is 1. The van der Waals surface area contributed by atoms with Crippen LogP contribution in [0.2, 0.25) is 0 Å². The minimum absolute atomic E-state index is 0.0551. The molecular formula is C28H40N2O3S. The van der Waals surface area contributed by atoms with Crippen LogP contribution < -0.4 is 0 Å². The van der Waals surface area contributed by atoms with Gasteiger partial charge in [-0.05, 0) is 68.6 Å². The van der Waals surface area contributed by atoms with E-state index in [1.807, 2.05) is 57.7 Å². The van der Waals surface area contributed by atoms with E-state index in [1.165, 1.54) is 9.87 Å². The number of hydrogen-bond acceptors (Lipinski definition) is 3. The van der Waals surface area contributed by atoms with E-state index in [-0.39, 0.29) is 24.8 Å². The zero-order chi connectivity index (χ0) is 24.9. The fourth-order valence-electron chi connectivity index (χ4n) is 5.13. The quantitative estimate of drug-likeness (QED) is 0.496. The van der Waals surface area contributed by atoms with E-state index < -0.39 is 10.0 Å². The number of piperidine rings is 1. The Kier molecular flexibility index (Phi) is 8.94. The summed E-state index contributed by atoms with van der Waals surface area (Å²) in [6.45, 7) is 11.8. The maximum Gasteiger partial charge on any atom is 0.243 e. The first-order valence-electron chi connectivity index (χ1n) is 12.5. The number of nitrogens with zero attached hydrogens (tertiary/aromatic N) is 2. The Balaban J connectivity index is 1.62. The van der Waals surface area contributed by atoms with Gasteiger partial charge < -0.3 is 4.90 Å². The number of carbonyl (C=O) groups excluding carboxylic acids is 1. The molecule has 6 heteroatoms. The van der Waals surface area contributed by atoms with Crippen molar-refractivity contribution in [2.45, 2.75) is 65.2 Å². The normalized spacial score (nSPS) is 15.3. The molecule has 34 heavy (non-hydrogen) atoms. The van der Waals surface area contributed by atoms with Gasteiger partial charge in [-0.2, -0.15) is 4.31 Å². The predicted octanol–water partition coefficient (Wildman–Crippen LogP) is 5.13. The molecule has 2 aromatic rings. The first-order valence-corrected chi connectivity index (χ1v) is 13.9. The molecule has 0 unspecified atom stereocenters. The molecule has 1 amide bonds. The molecule has 0 atom stereocenters. The van der Waals surface area contributed by atoms with Gasteiger partial charge in [-0.15, -0.1) is 0 Å². The first-order chi connectivity index (χ1) is 16.1. The van der Waals surface area contributed by atoms with Gasteiger partial charge in [-0.3, -0.25) is 4.79 Å². The third-order valence-electron chi connectivity index (χ3n) is 6.68. The molecule has 0 bridgehead atoms. The Bertz CT molecular complexity index is 1050. The second kappa shape index (κ2) is 11.5. The SMILES string of the molecule is Cc1cc(C)c(S(=O)(=O)N(CCC(=O)N2CCC(Cc3ccccc3)CC2)CC(C)C)c(C)c1. The summed E-state index contributed by atoms with van der Waals surface area (Å²) in [6, 6.07) is 14.3. The average molecular weight is 485 g/mol. The monoisotopic (exact) mass is 484 g/mol. The van der Waals surface area contributed by atoms with Crippen LogP contribution in [0.15, 0.2) is 47.4 Å². The van der Waals surface area contributed by atoms with E-state index >= 15 is 0 Å². The highest BCUT2D eigenvalue weighted by Gasteiger charge is 2.30. The Hall–Kier alpha value is -2.18. The third kappa shape index (κ3) is 6.70. The summed E-state index contributed by atoms with van der Waals surface area (Å²) in [4.78, 5) is 15.3. The van der Waals surface area contributed by atoms with Gasteiger partial charge in [-0.1, -0.05) is 61.9 Å². The predicted molar refractivity (Wildman–Crippen MR) is 138 cm³/mol.